The van der Waals surface area contributed by atoms with Gasteiger partial charge in [0, 0.05) is 51.3 Å². The maximum absolute atomic E-state index is 14.4. The number of aliphatic imine (C=N–C) groups is 1. The first-order valence-corrected chi connectivity index (χ1v) is 9.73. The van der Waals surface area contributed by atoms with Crippen LogP contribution in [-0.4, -0.2) is 46.7 Å². The zero-order valence-electron chi connectivity index (χ0n) is 17.0. The van der Waals surface area contributed by atoms with Crippen molar-refractivity contribution in [2.75, 3.05) is 25.0 Å². The first-order valence-electron chi connectivity index (χ1n) is 9.73. The topological polar surface area (TPSA) is 70.4 Å². The summed E-state index contributed by atoms with van der Waals surface area (Å²) in [5.74, 6) is 0.349. The summed E-state index contributed by atoms with van der Waals surface area (Å²) in [4.78, 5) is 14.2. The van der Waals surface area contributed by atoms with Crippen LogP contribution in [0.15, 0.2) is 60.2 Å². The maximum Gasteiger partial charge on any atom is 0.191 e. The molecule has 1 atom stereocenters. The smallest absolute Gasteiger partial charge is 0.191 e. The van der Waals surface area contributed by atoms with Gasteiger partial charge in [-0.3, -0.25) is 4.99 Å². The fraction of sp³-hybridized carbons (Fsp3) is 0.286. The van der Waals surface area contributed by atoms with Gasteiger partial charge in [0.1, 0.15) is 5.82 Å². The van der Waals surface area contributed by atoms with E-state index in [1.165, 1.54) is 12.1 Å². The molecule has 2 N–H and O–H groups in total. The molecule has 0 radical (unpaired) electrons. The molecule has 1 fully saturated rings. The summed E-state index contributed by atoms with van der Waals surface area (Å²) in [6, 6.07) is 8.19. The molecule has 2 aromatic heterocycles. The molecule has 10 heteroatoms. The predicted octanol–water partition coefficient (Wildman–Crippen LogP) is 3.11. The Morgan fingerprint density at radius 3 is 2.81 bits per heavy atom. The van der Waals surface area contributed by atoms with Crippen LogP contribution in [0.3, 0.4) is 0 Å². The highest BCUT2D eigenvalue weighted by molar-refractivity contribution is 14.0. The molecule has 1 unspecified atom stereocenters. The number of aromatic nitrogens is 3. The fourth-order valence-corrected chi connectivity index (χ4v) is 3.53. The van der Waals surface area contributed by atoms with E-state index in [9.17, 15) is 8.78 Å². The molecule has 1 aromatic carbocycles. The Kier molecular flexibility index (Phi) is 7.77. The van der Waals surface area contributed by atoms with Gasteiger partial charge < -0.3 is 20.1 Å². The largest absolute Gasteiger partial charge is 0.352 e. The van der Waals surface area contributed by atoms with E-state index < -0.39 is 0 Å². The van der Waals surface area contributed by atoms with Crippen molar-refractivity contribution in [1.82, 2.24) is 25.2 Å². The molecule has 4 rings (SSSR count). The number of nitrogens with zero attached hydrogens (tertiary/aromatic N) is 5. The number of guanidine groups is 1. The summed E-state index contributed by atoms with van der Waals surface area (Å²) in [6.07, 6.45) is 7.30. The highest BCUT2D eigenvalue weighted by Crippen LogP contribution is 2.20. The van der Waals surface area contributed by atoms with Crippen molar-refractivity contribution in [2.45, 2.75) is 19.0 Å². The molecule has 3 aromatic rings. The van der Waals surface area contributed by atoms with Crippen molar-refractivity contribution in [3.63, 3.8) is 0 Å². The van der Waals surface area contributed by atoms with Crippen molar-refractivity contribution < 1.29 is 8.78 Å². The van der Waals surface area contributed by atoms with Crippen molar-refractivity contribution in [2.24, 2.45) is 4.99 Å². The lowest BCUT2D eigenvalue weighted by atomic mass is 10.2. The molecule has 1 saturated heterocycles. The Labute approximate surface area is 196 Å². The molecule has 3 heterocycles. The van der Waals surface area contributed by atoms with Gasteiger partial charge >= 0.3 is 0 Å². The second-order valence-corrected chi connectivity index (χ2v) is 7.07. The van der Waals surface area contributed by atoms with E-state index in [2.05, 4.69) is 25.6 Å². The first kappa shape index (κ1) is 22.9. The number of anilines is 1. The third-order valence-electron chi connectivity index (χ3n) is 5.05. The Morgan fingerprint density at radius 2 is 2.10 bits per heavy atom. The molecule has 7 nitrogen and oxygen atoms in total. The minimum Gasteiger partial charge on any atom is -0.352 e. The maximum atomic E-state index is 14.4. The van der Waals surface area contributed by atoms with E-state index in [0.717, 1.165) is 12.0 Å². The van der Waals surface area contributed by atoms with Crippen LogP contribution < -0.4 is 15.5 Å². The Morgan fingerprint density at radius 1 is 1.23 bits per heavy atom. The number of rotatable bonds is 5. The lowest BCUT2D eigenvalue weighted by molar-refractivity contribution is 0.610. The molecule has 0 spiro atoms. The highest BCUT2D eigenvalue weighted by Gasteiger charge is 2.25. The van der Waals surface area contributed by atoms with Crippen LogP contribution in [0.1, 0.15) is 12.0 Å². The molecule has 0 amide bonds. The summed E-state index contributed by atoms with van der Waals surface area (Å²) in [5.41, 5.74) is 1.24. The number of hydrogen-bond donors (Lipinski definition) is 2. The highest BCUT2D eigenvalue weighted by atomic mass is 127. The standard InChI is InChI=1S/C21H23F2N7.HI/c1-24-21(28-16-6-9-29(13-16)20-17(22)3-2-7-26-20)27-12-15-4-5-19(18(23)11-15)30-10-8-25-14-30;/h2-5,7-8,10-11,14,16H,6,9,12-13H2,1H3,(H2,24,27,28);1H. The van der Waals surface area contributed by atoms with Gasteiger partial charge in [0.25, 0.3) is 0 Å². The van der Waals surface area contributed by atoms with E-state index in [4.69, 9.17) is 0 Å². The zero-order valence-corrected chi connectivity index (χ0v) is 19.3. The van der Waals surface area contributed by atoms with Crippen LogP contribution >= 0.6 is 24.0 Å². The van der Waals surface area contributed by atoms with Gasteiger partial charge in [-0.15, -0.1) is 24.0 Å². The van der Waals surface area contributed by atoms with E-state index in [1.807, 2.05) is 11.0 Å². The predicted molar refractivity (Wildman–Crippen MR) is 127 cm³/mol. The molecule has 0 saturated carbocycles. The molecule has 0 aliphatic carbocycles. The van der Waals surface area contributed by atoms with Crippen molar-refractivity contribution in [3.8, 4) is 5.69 Å². The summed E-state index contributed by atoms with van der Waals surface area (Å²) < 4.78 is 30.0. The second kappa shape index (κ2) is 10.5. The van der Waals surface area contributed by atoms with Crippen molar-refractivity contribution in [1.29, 1.82) is 0 Å². The lowest BCUT2D eigenvalue weighted by Crippen LogP contribution is -2.44. The number of nitrogens with one attached hydrogen (secondary N) is 2. The number of hydrogen-bond acceptors (Lipinski definition) is 4. The van der Waals surface area contributed by atoms with E-state index in [-0.39, 0.29) is 41.7 Å². The van der Waals surface area contributed by atoms with E-state index >= 15 is 0 Å². The van der Waals surface area contributed by atoms with Gasteiger partial charge in [-0.05, 0) is 36.2 Å². The Balaban J connectivity index is 0.00000272. The molecule has 164 valence electrons. The fourth-order valence-electron chi connectivity index (χ4n) is 3.53. The molecule has 1 aliphatic heterocycles. The summed E-state index contributed by atoms with van der Waals surface area (Å²) in [6.45, 7) is 1.76. The molecule has 1 aliphatic rings. The van der Waals surface area contributed by atoms with Gasteiger partial charge in [-0.1, -0.05) is 6.07 Å². The van der Waals surface area contributed by atoms with Crippen LogP contribution in [0.2, 0.25) is 0 Å². The minimum absolute atomic E-state index is 0. The summed E-state index contributed by atoms with van der Waals surface area (Å²) in [7, 11) is 1.68. The van der Waals surface area contributed by atoms with Gasteiger partial charge in [-0.2, -0.15) is 0 Å². The van der Waals surface area contributed by atoms with Gasteiger partial charge in [0.05, 0.1) is 12.0 Å². The Bertz CT molecular complexity index is 1030. The number of halogens is 3. The molecule has 31 heavy (non-hydrogen) atoms. The SMILES string of the molecule is CN=C(NCc1ccc(-n2ccnc2)c(F)c1)NC1CCN(c2ncccc2F)C1.I. The molecular weight excluding hydrogens is 515 g/mol. The summed E-state index contributed by atoms with van der Waals surface area (Å²) in [5, 5.41) is 6.55. The number of imidazole rings is 1. The van der Waals surface area contributed by atoms with E-state index in [1.54, 1.807) is 48.7 Å². The average Bonchev–Trinajstić information content (AvgIpc) is 3.44. The van der Waals surface area contributed by atoms with Crippen LogP contribution in [0, 0.1) is 11.6 Å². The molecular formula is C21H24F2IN7. The van der Waals surface area contributed by atoms with Crippen LogP contribution in [0.25, 0.3) is 5.69 Å². The lowest BCUT2D eigenvalue weighted by Gasteiger charge is -2.20. The van der Waals surface area contributed by atoms with Gasteiger partial charge in [-0.25, -0.2) is 18.7 Å². The summed E-state index contributed by atoms with van der Waals surface area (Å²) >= 11 is 0. The average molecular weight is 539 g/mol. The third kappa shape index (κ3) is 5.49. The minimum atomic E-state index is -0.320. The van der Waals surface area contributed by atoms with Crippen molar-refractivity contribution >= 4 is 35.8 Å². The number of pyridine rings is 1. The second-order valence-electron chi connectivity index (χ2n) is 7.07. The van der Waals surface area contributed by atoms with Gasteiger partial charge in [0.2, 0.25) is 0 Å². The van der Waals surface area contributed by atoms with E-state index in [0.29, 0.717) is 37.1 Å². The van der Waals surface area contributed by atoms with Crippen LogP contribution in [0.5, 0.6) is 0 Å². The zero-order chi connectivity index (χ0) is 20.9. The number of benzene rings is 1. The van der Waals surface area contributed by atoms with Crippen molar-refractivity contribution in [3.05, 3.63) is 72.4 Å². The normalized spacial score (nSPS) is 16.2. The molecule has 0 bridgehead atoms. The third-order valence-corrected chi connectivity index (χ3v) is 5.05. The quantitative estimate of drug-likeness (QED) is 0.297. The van der Waals surface area contributed by atoms with Crippen LogP contribution in [-0.2, 0) is 6.54 Å². The first-order chi connectivity index (χ1) is 14.6. The Hall–Kier alpha value is -2.76. The van der Waals surface area contributed by atoms with Gasteiger partial charge in [0.15, 0.2) is 17.6 Å². The monoisotopic (exact) mass is 539 g/mol. The van der Waals surface area contributed by atoms with Crippen LogP contribution in [0.4, 0.5) is 14.6 Å².